The minimum atomic E-state index is -3.44. The van der Waals surface area contributed by atoms with Gasteiger partial charge in [-0.2, -0.15) is 17.0 Å². The molecule has 158 valence electrons. The van der Waals surface area contributed by atoms with Gasteiger partial charge in [0.25, 0.3) is 16.1 Å². The summed E-state index contributed by atoms with van der Waals surface area (Å²) >= 11 is 0. The number of hydrogen-bond acceptors (Lipinski definition) is 6. The predicted octanol–water partition coefficient (Wildman–Crippen LogP) is 0.568. The molecule has 2 N–H and O–H groups in total. The number of hydrogen-bond donors (Lipinski definition) is 2. The summed E-state index contributed by atoms with van der Waals surface area (Å²) in [6.07, 6.45) is 6.33. The summed E-state index contributed by atoms with van der Waals surface area (Å²) < 4.78 is 35.3. The number of piperidine rings is 2. The summed E-state index contributed by atoms with van der Waals surface area (Å²) in [6.45, 7) is 1.15. The zero-order chi connectivity index (χ0) is 19.8. The Balaban J connectivity index is 1.12. The van der Waals surface area contributed by atoms with Gasteiger partial charge in [0.05, 0.1) is 0 Å². The SMILES string of the molecule is O=C(N[C@H]1C[C@H]2CC[C@@H](C1)N2S(=O)(=O)N1CC2CC(C1)N2)c1cc(C2CC2)on1. The van der Waals surface area contributed by atoms with E-state index in [1.807, 2.05) is 0 Å². The summed E-state index contributed by atoms with van der Waals surface area (Å²) in [5.41, 5.74) is 0.328. The maximum absolute atomic E-state index is 13.3. The third-order valence-corrected chi connectivity index (χ3v) is 9.30. The molecule has 0 radical (unpaired) electrons. The molecule has 6 fully saturated rings. The highest BCUT2D eigenvalue weighted by Gasteiger charge is 2.51. The Labute approximate surface area is 170 Å². The van der Waals surface area contributed by atoms with Crippen molar-refractivity contribution in [2.24, 2.45) is 0 Å². The maximum Gasteiger partial charge on any atom is 0.282 e. The highest BCUT2D eigenvalue weighted by atomic mass is 32.2. The van der Waals surface area contributed by atoms with Crippen molar-refractivity contribution in [2.45, 2.75) is 81.1 Å². The first-order chi connectivity index (χ1) is 14.0. The molecule has 1 aromatic rings. The Morgan fingerprint density at radius 1 is 1.10 bits per heavy atom. The van der Waals surface area contributed by atoms with Gasteiger partial charge in [0.2, 0.25) is 0 Å². The fourth-order valence-corrected chi connectivity index (χ4v) is 7.78. The van der Waals surface area contributed by atoms with Gasteiger partial charge >= 0.3 is 0 Å². The molecule has 1 saturated carbocycles. The number of nitrogens with one attached hydrogen (secondary N) is 2. The number of piperazine rings is 1. The smallest absolute Gasteiger partial charge is 0.282 e. The second-order valence-electron chi connectivity index (χ2n) is 9.37. The first-order valence-electron chi connectivity index (χ1n) is 10.8. The Hall–Kier alpha value is -1.49. The molecule has 6 aliphatic rings. The highest BCUT2D eigenvalue weighted by molar-refractivity contribution is 7.86. The summed E-state index contributed by atoms with van der Waals surface area (Å²) in [5, 5.41) is 10.4. The largest absolute Gasteiger partial charge is 0.360 e. The molecule has 5 atom stereocenters. The molecule has 2 unspecified atom stereocenters. The monoisotopic (exact) mass is 421 g/mol. The molecule has 10 heteroatoms. The van der Waals surface area contributed by atoms with Crippen molar-refractivity contribution in [3.05, 3.63) is 17.5 Å². The van der Waals surface area contributed by atoms with Crippen molar-refractivity contribution in [3.8, 4) is 0 Å². The van der Waals surface area contributed by atoms with Crippen LogP contribution >= 0.6 is 0 Å². The third kappa shape index (κ3) is 3.11. The lowest BCUT2D eigenvalue weighted by Crippen LogP contribution is -2.69. The zero-order valence-corrected chi connectivity index (χ0v) is 17.1. The second-order valence-corrected chi connectivity index (χ2v) is 11.2. The van der Waals surface area contributed by atoms with Crippen LogP contribution in [0.4, 0.5) is 0 Å². The normalized spacial score (nSPS) is 37.3. The van der Waals surface area contributed by atoms with Crippen LogP contribution < -0.4 is 10.6 Å². The molecule has 5 saturated heterocycles. The Kier molecular flexibility index (Phi) is 4.10. The number of aromatic nitrogens is 1. The Morgan fingerprint density at radius 2 is 1.76 bits per heavy atom. The van der Waals surface area contributed by atoms with Gasteiger partial charge in [-0.1, -0.05) is 5.16 Å². The van der Waals surface area contributed by atoms with E-state index in [0.29, 0.717) is 49.6 Å². The topological polar surface area (TPSA) is 108 Å². The van der Waals surface area contributed by atoms with E-state index in [4.69, 9.17) is 4.52 Å². The van der Waals surface area contributed by atoms with Crippen LogP contribution in [0.15, 0.2) is 10.6 Å². The van der Waals surface area contributed by atoms with Crippen LogP contribution in [0.2, 0.25) is 0 Å². The van der Waals surface area contributed by atoms with Crippen molar-refractivity contribution < 1.29 is 17.7 Å². The quantitative estimate of drug-likeness (QED) is 0.720. The maximum atomic E-state index is 13.3. The Morgan fingerprint density at radius 3 is 2.38 bits per heavy atom. The van der Waals surface area contributed by atoms with E-state index in [0.717, 1.165) is 37.9 Å². The standard InChI is InChI=1S/C19H27N5O4S/c25-19(17-8-18(28-22-17)11-1-2-11)21-12-6-15-3-4-16(7-12)24(15)29(26,27)23-9-13-5-14(10-23)20-13/h8,11-16,20H,1-7,9-10H2,(H,21,25)/t12-,13?,14?,15+,16-. The molecule has 1 amide bonds. The fourth-order valence-electron chi connectivity index (χ4n) is 5.64. The van der Waals surface area contributed by atoms with Gasteiger partial charge in [-0.15, -0.1) is 0 Å². The Bertz CT molecular complexity index is 899. The fraction of sp³-hybridized carbons (Fsp3) is 0.789. The number of fused-ring (bicyclic) bond motifs is 4. The molecular formula is C19H27N5O4S. The molecular weight excluding hydrogens is 394 g/mol. The molecule has 6 heterocycles. The average molecular weight is 422 g/mol. The molecule has 5 aliphatic heterocycles. The average Bonchev–Trinajstić information content (AvgIpc) is 3.34. The van der Waals surface area contributed by atoms with Crippen molar-refractivity contribution >= 4 is 16.1 Å². The molecule has 0 aromatic carbocycles. The van der Waals surface area contributed by atoms with Crippen molar-refractivity contribution in [2.75, 3.05) is 13.1 Å². The van der Waals surface area contributed by atoms with Gasteiger partial charge in [0, 0.05) is 55.3 Å². The molecule has 7 rings (SSSR count). The van der Waals surface area contributed by atoms with Gasteiger partial charge in [-0.05, 0) is 44.9 Å². The third-order valence-electron chi connectivity index (χ3n) is 7.22. The van der Waals surface area contributed by atoms with Crippen molar-refractivity contribution in [1.82, 2.24) is 24.4 Å². The molecule has 1 aliphatic carbocycles. The summed E-state index contributed by atoms with van der Waals surface area (Å²) in [7, 11) is -3.44. The summed E-state index contributed by atoms with van der Waals surface area (Å²) in [6, 6.07) is 2.27. The molecule has 0 spiro atoms. The highest BCUT2D eigenvalue weighted by Crippen LogP contribution is 2.41. The molecule has 9 nitrogen and oxygen atoms in total. The molecule has 1 aromatic heterocycles. The predicted molar refractivity (Wildman–Crippen MR) is 103 cm³/mol. The van der Waals surface area contributed by atoms with E-state index in [1.54, 1.807) is 14.7 Å². The summed E-state index contributed by atoms with van der Waals surface area (Å²) in [5.74, 6) is 0.998. The number of carbonyl (C=O) groups excluding carboxylic acids is 1. The summed E-state index contributed by atoms with van der Waals surface area (Å²) in [4.78, 5) is 12.6. The van der Waals surface area contributed by atoms with Gasteiger partial charge in [0.15, 0.2) is 5.69 Å². The number of rotatable bonds is 5. The van der Waals surface area contributed by atoms with Crippen molar-refractivity contribution in [3.63, 3.8) is 0 Å². The zero-order valence-electron chi connectivity index (χ0n) is 16.3. The lowest BCUT2D eigenvalue weighted by molar-refractivity contribution is 0.0890. The first kappa shape index (κ1) is 18.3. The van der Waals surface area contributed by atoms with Gasteiger partial charge in [-0.3, -0.25) is 4.79 Å². The number of amides is 1. The molecule has 4 bridgehead atoms. The van der Waals surface area contributed by atoms with Crippen LogP contribution in [0.1, 0.15) is 67.1 Å². The van der Waals surface area contributed by atoms with E-state index in [1.165, 1.54) is 0 Å². The van der Waals surface area contributed by atoms with Crippen LogP contribution in [0.25, 0.3) is 0 Å². The van der Waals surface area contributed by atoms with E-state index < -0.39 is 10.2 Å². The second kappa shape index (κ2) is 6.50. The lowest BCUT2D eigenvalue weighted by atomic mass is 9.93. The lowest BCUT2D eigenvalue weighted by Gasteiger charge is -2.49. The minimum absolute atomic E-state index is 0.0241. The first-order valence-corrected chi connectivity index (χ1v) is 12.2. The van der Waals surface area contributed by atoms with Crippen LogP contribution in [-0.4, -0.2) is 71.4 Å². The van der Waals surface area contributed by atoms with Gasteiger partial charge < -0.3 is 15.2 Å². The van der Waals surface area contributed by atoms with Crippen LogP contribution in [-0.2, 0) is 10.2 Å². The van der Waals surface area contributed by atoms with Gasteiger partial charge in [0.1, 0.15) is 5.76 Å². The van der Waals surface area contributed by atoms with E-state index in [2.05, 4.69) is 15.8 Å². The van der Waals surface area contributed by atoms with Gasteiger partial charge in [-0.25, -0.2) is 0 Å². The van der Waals surface area contributed by atoms with E-state index in [9.17, 15) is 13.2 Å². The molecule has 29 heavy (non-hydrogen) atoms. The number of carbonyl (C=O) groups is 1. The van der Waals surface area contributed by atoms with Crippen LogP contribution in [0.5, 0.6) is 0 Å². The van der Waals surface area contributed by atoms with Crippen molar-refractivity contribution in [1.29, 1.82) is 0 Å². The minimum Gasteiger partial charge on any atom is -0.360 e. The number of nitrogens with zero attached hydrogens (tertiary/aromatic N) is 3. The van der Waals surface area contributed by atoms with Crippen LogP contribution in [0, 0.1) is 0 Å². The van der Waals surface area contributed by atoms with Crippen LogP contribution in [0.3, 0.4) is 0 Å². The van der Waals surface area contributed by atoms with E-state index >= 15 is 0 Å². The van der Waals surface area contributed by atoms with E-state index in [-0.39, 0.29) is 24.0 Å².